The number of carbonyl (C=O) groups excluding carboxylic acids is 1. The second kappa shape index (κ2) is 7.40. The standard InChI is InChI=1S/C19H19ClN4O2S/c1-10(2)15(18-23-16(24-26-18)11-7-8-11)22-17(25)14-9-21-19(27-14)12-5-3-4-6-13(12)20/h3-6,9-11,15H,7-8H2,1-2H3,(H,22,25). The van der Waals surface area contributed by atoms with Gasteiger partial charge in [-0.05, 0) is 24.8 Å². The van der Waals surface area contributed by atoms with Crippen LogP contribution in [0.25, 0.3) is 10.6 Å². The van der Waals surface area contributed by atoms with E-state index in [-0.39, 0.29) is 17.9 Å². The van der Waals surface area contributed by atoms with Gasteiger partial charge in [0.05, 0.1) is 11.2 Å². The number of nitrogens with one attached hydrogen (secondary N) is 1. The van der Waals surface area contributed by atoms with Gasteiger partial charge < -0.3 is 9.84 Å². The average molecular weight is 403 g/mol. The molecule has 1 unspecified atom stereocenters. The Morgan fingerprint density at radius 2 is 2.11 bits per heavy atom. The van der Waals surface area contributed by atoms with E-state index in [9.17, 15) is 4.79 Å². The largest absolute Gasteiger partial charge is 0.339 e. The van der Waals surface area contributed by atoms with Gasteiger partial charge in [0.1, 0.15) is 15.9 Å². The van der Waals surface area contributed by atoms with Crippen LogP contribution in [0, 0.1) is 5.92 Å². The van der Waals surface area contributed by atoms with Gasteiger partial charge in [0.2, 0.25) is 5.89 Å². The number of hydrogen-bond donors (Lipinski definition) is 1. The highest BCUT2D eigenvalue weighted by Gasteiger charge is 2.32. The molecular formula is C19H19ClN4O2S. The maximum Gasteiger partial charge on any atom is 0.263 e. The zero-order valence-corrected chi connectivity index (χ0v) is 16.5. The third kappa shape index (κ3) is 3.89. The summed E-state index contributed by atoms with van der Waals surface area (Å²) in [4.78, 5) is 22.1. The van der Waals surface area contributed by atoms with Gasteiger partial charge in [0, 0.05) is 11.5 Å². The van der Waals surface area contributed by atoms with E-state index in [1.54, 1.807) is 12.3 Å². The molecule has 2 aromatic heterocycles. The molecule has 1 aliphatic rings. The van der Waals surface area contributed by atoms with Crippen molar-refractivity contribution >= 4 is 28.8 Å². The van der Waals surface area contributed by atoms with Crippen LogP contribution in [-0.4, -0.2) is 21.0 Å². The highest BCUT2D eigenvalue weighted by atomic mass is 35.5. The molecule has 0 bridgehead atoms. The fraction of sp³-hybridized carbons (Fsp3) is 0.368. The number of hydrogen-bond acceptors (Lipinski definition) is 6. The van der Waals surface area contributed by atoms with E-state index >= 15 is 0 Å². The van der Waals surface area contributed by atoms with Gasteiger partial charge in [0.25, 0.3) is 5.91 Å². The summed E-state index contributed by atoms with van der Waals surface area (Å²) >= 11 is 7.53. The zero-order chi connectivity index (χ0) is 19.0. The third-order valence-electron chi connectivity index (χ3n) is 4.45. The van der Waals surface area contributed by atoms with Crippen molar-refractivity contribution in [2.45, 2.75) is 38.6 Å². The molecule has 6 nitrogen and oxygen atoms in total. The summed E-state index contributed by atoms with van der Waals surface area (Å²) in [7, 11) is 0. The first-order valence-electron chi connectivity index (χ1n) is 8.88. The maximum absolute atomic E-state index is 12.8. The molecule has 1 amide bonds. The van der Waals surface area contributed by atoms with E-state index in [1.807, 2.05) is 32.0 Å². The van der Waals surface area contributed by atoms with Crippen LogP contribution in [0.3, 0.4) is 0 Å². The van der Waals surface area contributed by atoms with Crippen molar-refractivity contribution in [2.24, 2.45) is 5.92 Å². The molecule has 0 saturated heterocycles. The number of aromatic nitrogens is 3. The molecule has 0 radical (unpaired) electrons. The second-order valence-electron chi connectivity index (χ2n) is 6.97. The minimum Gasteiger partial charge on any atom is -0.339 e. The highest BCUT2D eigenvalue weighted by molar-refractivity contribution is 7.17. The van der Waals surface area contributed by atoms with Crippen LogP contribution in [0.4, 0.5) is 0 Å². The van der Waals surface area contributed by atoms with Crippen molar-refractivity contribution in [3.63, 3.8) is 0 Å². The Balaban J connectivity index is 1.52. The molecule has 1 saturated carbocycles. The molecule has 8 heteroatoms. The van der Waals surface area contributed by atoms with Gasteiger partial charge in [0.15, 0.2) is 5.82 Å². The summed E-state index contributed by atoms with van der Waals surface area (Å²) in [6.45, 7) is 4.02. The molecule has 0 aliphatic heterocycles. The van der Waals surface area contributed by atoms with Crippen LogP contribution in [0.5, 0.6) is 0 Å². The SMILES string of the molecule is CC(C)C(NC(=O)c1cnc(-c2ccccc2Cl)s1)c1nc(C2CC2)no1. The van der Waals surface area contributed by atoms with E-state index in [0.717, 1.165) is 24.2 Å². The van der Waals surface area contributed by atoms with Gasteiger partial charge in [-0.25, -0.2) is 4.98 Å². The quantitative estimate of drug-likeness (QED) is 0.637. The Bertz CT molecular complexity index is 964. The van der Waals surface area contributed by atoms with E-state index in [0.29, 0.717) is 26.7 Å². The molecule has 3 aromatic rings. The topological polar surface area (TPSA) is 80.9 Å². The number of halogens is 1. The molecule has 2 heterocycles. The number of thiazole rings is 1. The number of rotatable bonds is 6. The summed E-state index contributed by atoms with van der Waals surface area (Å²) in [5, 5.41) is 8.37. The monoisotopic (exact) mass is 402 g/mol. The van der Waals surface area contributed by atoms with Gasteiger partial charge in [-0.1, -0.05) is 48.8 Å². The van der Waals surface area contributed by atoms with Crippen molar-refractivity contribution in [3.8, 4) is 10.6 Å². The molecule has 27 heavy (non-hydrogen) atoms. The molecule has 0 spiro atoms. The van der Waals surface area contributed by atoms with Crippen LogP contribution in [0.15, 0.2) is 35.0 Å². The highest BCUT2D eigenvalue weighted by Crippen LogP contribution is 2.39. The van der Waals surface area contributed by atoms with Crippen LogP contribution < -0.4 is 5.32 Å². The third-order valence-corrected chi connectivity index (χ3v) is 5.81. The average Bonchev–Trinajstić information content (AvgIpc) is 3.18. The lowest BCUT2D eigenvalue weighted by Crippen LogP contribution is -2.31. The number of nitrogens with zero attached hydrogens (tertiary/aromatic N) is 3. The first kappa shape index (κ1) is 18.1. The smallest absolute Gasteiger partial charge is 0.263 e. The van der Waals surface area contributed by atoms with E-state index in [4.69, 9.17) is 16.1 Å². The molecular weight excluding hydrogens is 384 g/mol. The van der Waals surface area contributed by atoms with Crippen molar-refractivity contribution < 1.29 is 9.32 Å². The Kier molecular flexibility index (Phi) is 4.97. The molecule has 1 N–H and O–H groups in total. The van der Waals surface area contributed by atoms with E-state index < -0.39 is 0 Å². The van der Waals surface area contributed by atoms with Gasteiger partial charge >= 0.3 is 0 Å². The predicted octanol–water partition coefficient (Wildman–Crippen LogP) is 4.85. The normalized spacial score (nSPS) is 15.1. The van der Waals surface area contributed by atoms with Crippen molar-refractivity contribution in [1.29, 1.82) is 0 Å². The van der Waals surface area contributed by atoms with Crippen LogP contribution in [0.1, 0.15) is 60.0 Å². The molecule has 4 rings (SSSR count). The summed E-state index contributed by atoms with van der Waals surface area (Å²) < 4.78 is 5.41. The predicted molar refractivity (Wildman–Crippen MR) is 104 cm³/mol. The summed E-state index contributed by atoms with van der Waals surface area (Å²) in [5.74, 6) is 1.50. The summed E-state index contributed by atoms with van der Waals surface area (Å²) in [5.41, 5.74) is 0.814. The van der Waals surface area contributed by atoms with E-state index in [2.05, 4.69) is 20.4 Å². The summed E-state index contributed by atoms with van der Waals surface area (Å²) in [6.07, 6.45) is 3.77. The molecule has 1 aliphatic carbocycles. The van der Waals surface area contributed by atoms with Crippen molar-refractivity contribution in [2.75, 3.05) is 0 Å². The summed E-state index contributed by atoms with van der Waals surface area (Å²) in [6, 6.07) is 7.10. The minimum absolute atomic E-state index is 0.109. The number of carbonyl (C=O) groups is 1. The van der Waals surface area contributed by atoms with Gasteiger partial charge in [-0.2, -0.15) is 4.98 Å². The Morgan fingerprint density at radius 1 is 1.33 bits per heavy atom. The lowest BCUT2D eigenvalue weighted by atomic mass is 10.0. The van der Waals surface area contributed by atoms with Crippen LogP contribution >= 0.6 is 22.9 Å². The lowest BCUT2D eigenvalue weighted by Gasteiger charge is -2.17. The number of benzene rings is 1. The Labute approximate surface area is 166 Å². The minimum atomic E-state index is -0.344. The van der Waals surface area contributed by atoms with Crippen molar-refractivity contribution in [3.05, 3.63) is 52.1 Å². The van der Waals surface area contributed by atoms with Crippen molar-refractivity contribution in [1.82, 2.24) is 20.4 Å². The maximum atomic E-state index is 12.8. The zero-order valence-electron chi connectivity index (χ0n) is 15.0. The lowest BCUT2D eigenvalue weighted by molar-refractivity contribution is 0.0918. The molecule has 1 atom stereocenters. The fourth-order valence-electron chi connectivity index (χ4n) is 2.75. The van der Waals surface area contributed by atoms with Gasteiger partial charge in [-0.3, -0.25) is 4.79 Å². The first-order chi connectivity index (χ1) is 13.0. The number of amides is 1. The van der Waals surface area contributed by atoms with Crippen LogP contribution in [-0.2, 0) is 0 Å². The Hall–Kier alpha value is -2.25. The molecule has 140 valence electrons. The second-order valence-corrected chi connectivity index (χ2v) is 8.41. The van der Waals surface area contributed by atoms with Gasteiger partial charge in [-0.15, -0.1) is 11.3 Å². The fourth-order valence-corrected chi connectivity index (χ4v) is 3.89. The van der Waals surface area contributed by atoms with Crippen LogP contribution in [0.2, 0.25) is 5.02 Å². The molecule has 1 aromatic carbocycles. The Morgan fingerprint density at radius 3 is 2.81 bits per heavy atom. The van der Waals surface area contributed by atoms with E-state index in [1.165, 1.54) is 11.3 Å². The molecule has 1 fully saturated rings. The first-order valence-corrected chi connectivity index (χ1v) is 10.1.